The van der Waals surface area contributed by atoms with Gasteiger partial charge in [0.1, 0.15) is 5.52 Å². The highest BCUT2D eigenvalue weighted by Gasteiger charge is 2.33. The van der Waals surface area contributed by atoms with Crippen LogP contribution in [0.2, 0.25) is 0 Å². The number of amides is 1. The zero-order chi connectivity index (χ0) is 21.2. The van der Waals surface area contributed by atoms with E-state index in [1.807, 2.05) is 33.7 Å². The Labute approximate surface area is 182 Å². The second-order valence-corrected chi connectivity index (χ2v) is 8.78. The molecule has 5 rings (SSSR count). The van der Waals surface area contributed by atoms with Gasteiger partial charge in [0.25, 0.3) is 5.91 Å². The fourth-order valence-corrected chi connectivity index (χ4v) is 4.52. The average molecular weight is 420 g/mol. The highest BCUT2D eigenvalue weighted by molar-refractivity contribution is 5.96. The number of aliphatic hydroxyl groups is 1. The number of fused-ring (bicyclic) bond motifs is 1. The van der Waals surface area contributed by atoms with Crippen LogP contribution in [0.3, 0.4) is 0 Å². The van der Waals surface area contributed by atoms with E-state index in [4.69, 9.17) is 0 Å². The van der Waals surface area contributed by atoms with Crippen molar-refractivity contribution in [3.05, 3.63) is 60.0 Å². The molecule has 0 spiro atoms. The maximum Gasteiger partial charge on any atom is 0.255 e. The Morgan fingerprint density at radius 1 is 1.13 bits per heavy atom. The molecule has 3 aromatic rings. The average Bonchev–Trinajstić information content (AvgIpc) is 3.54. The molecule has 162 valence electrons. The molecule has 1 amide bonds. The highest BCUT2D eigenvalue weighted by Crippen LogP contribution is 2.31. The van der Waals surface area contributed by atoms with E-state index < -0.39 is 0 Å². The van der Waals surface area contributed by atoms with Gasteiger partial charge in [0.15, 0.2) is 5.65 Å². The Kier molecular flexibility index (Phi) is 5.70. The molecule has 1 saturated heterocycles. The number of carbonyl (C=O) groups is 1. The van der Waals surface area contributed by atoms with E-state index in [2.05, 4.69) is 27.0 Å². The van der Waals surface area contributed by atoms with Crippen LogP contribution in [0.5, 0.6) is 0 Å². The van der Waals surface area contributed by atoms with Gasteiger partial charge >= 0.3 is 0 Å². The van der Waals surface area contributed by atoms with E-state index in [9.17, 15) is 9.90 Å². The van der Waals surface area contributed by atoms with E-state index in [-0.39, 0.29) is 18.6 Å². The van der Waals surface area contributed by atoms with Crippen molar-refractivity contribution in [1.82, 2.24) is 24.3 Å². The number of nitrogens with zero attached hydrogens (tertiary/aromatic N) is 5. The molecule has 2 aromatic heterocycles. The van der Waals surface area contributed by atoms with Crippen molar-refractivity contribution < 1.29 is 9.90 Å². The highest BCUT2D eigenvalue weighted by atomic mass is 16.3. The number of piperazine rings is 1. The van der Waals surface area contributed by atoms with Crippen LogP contribution in [0.1, 0.15) is 35.2 Å². The summed E-state index contributed by atoms with van der Waals surface area (Å²) in [7, 11) is 0. The van der Waals surface area contributed by atoms with Gasteiger partial charge < -0.3 is 14.6 Å². The molecule has 0 bridgehead atoms. The minimum atomic E-state index is 0.000945. The lowest BCUT2D eigenvalue weighted by Crippen LogP contribution is -2.55. The lowest BCUT2D eigenvalue weighted by molar-refractivity contribution is 0.0407. The quantitative estimate of drug-likeness (QED) is 0.637. The Bertz CT molecular complexity index is 1050. The SMILES string of the molecule is O=C(c1cnc2c(c1)ncn2Cc1ccccc1)N1CCN(CC2CC2)C(CCO)C1. The molecule has 1 saturated carbocycles. The Morgan fingerprint density at radius 3 is 2.74 bits per heavy atom. The third-order valence-corrected chi connectivity index (χ3v) is 6.44. The van der Waals surface area contributed by atoms with Gasteiger partial charge in [-0.05, 0) is 36.8 Å². The molecule has 1 atom stereocenters. The summed E-state index contributed by atoms with van der Waals surface area (Å²) in [6, 6.07) is 12.3. The van der Waals surface area contributed by atoms with Crippen molar-refractivity contribution in [3.8, 4) is 0 Å². The smallest absolute Gasteiger partial charge is 0.255 e. The van der Waals surface area contributed by atoms with Crippen molar-refractivity contribution in [1.29, 1.82) is 0 Å². The Morgan fingerprint density at radius 2 is 1.97 bits per heavy atom. The van der Waals surface area contributed by atoms with Crippen LogP contribution < -0.4 is 0 Å². The first-order valence-electron chi connectivity index (χ1n) is 11.2. The zero-order valence-electron chi connectivity index (χ0n) is 17.7. The topological polar surface area (TPSA) is 74.5 Å². The van der Waals surface area contributed by atoms with Crippen LogP contribution in [-0.4, -0.2) is 74.2 Å². The van der Waals surface area contributed by atoms with Gasteiger partial charge in [0.05, 0.1) is 18.4 Å². The van der Waals surface area contributed by atoms with Gasteiger partial charge in [-0.15, -0.1) is 0 Å². The molecule has 1 aliphatic carbocycles. The number of rotatable bonds is 7. The maximum atomic E-state index is 13.2. The summed E-state index contributed by atoms with van der Waals surface area (Å²) in [6.45, 7) is 4.19. The second-order valence-electron chi connectivity index (χ2n) is 8.78. The molecule has 0 radical (unpaired) electrons. The second kappa shape index (κ2) is 8.77. The number of carbonyl (C=O) groups excluding carboxylic acids is 1. The standard InChI is InChI=1S/C24H29N5O2/c30-11-8-21-16-28(10-9-27(21)14-19-6-7-19)24(31)20-12-22-23(25-13-20)29(17-26-22)15-18-4-2-1-3-5-18/h1-5,12-13,17,19,21,30H,6-11,14-16H2. The summed E-state index contributed by atoms with van der Waals surface area (Å²) >= 11 is 0. The van der Waals surface area contributed by atoms with Crippen molar-refractivity contribution >= 4 is 17.1 Å². The normalized spacial score (nSPS) is 19.8. The molecule has 31 heavy (non-hydrogen) atoms. The van der Waals surface area contributed by atoms with Crippen molar-refractivity contribution in [2.24, 2.45) is 5.92 Å². The van der Waals surface area contributed by atoms with Crippen LogP contribution in [0.4, 0.5) is 0 Å². The zero-order valence-corrected chi connectivity index (χ0v) is 17.7. The lowest BCUT2D eigenvalue weighted by atomic mass is 10.1. The van der Waals surface area contributed by atoms with Crippen molar-refractivity contribution in [2.75, 3.05) is 32.8 Å². The minimum Gasteiger partial charge on any atom is -0.396 e. The van der Waals surface area contributed by atoms with E-state index in [0.717, 1.165) is 30.2 Å². The largest absolute Gasteiger partial charge is 0.396 e. The summed E-state index contributed by atoms with van der Waals surface area (Å²) in [6.07, 6.45) is 6.79. The number of hydrogen-bond acceptors (Lipinski definition) is 5. The number of aliphatic hydroxyl groups excluding tert-OH is 1. The molecule has 7 nitrogen and oxygen atoms in total. The van der Waals surface area contributed by atoms with E-state index in [0.29, 0.717) is 31.6 Å². The maximum absolute atomic E-state index is 13.2. The molecule has 3 heterocycles. The third-order valence-electron chi connectivity index (χ3n) is 6.44. The molecule has 1 N–H and O–H groups in total. The van der Waals surface area contributed by atoms with Crippen LogP contribution in [0.25, 0.3) is 11.2 Å². The molecular formula is C24H29N5O2. The Hall–Kier alpha value is -2.77. The molecule has 1 aliphatic heterocycles. The molecule has 1 aromatic carbocycles. The molecule has 2 aliphatic rings. The van der Waals surface area contributed by atoms with E-state index in [1.54, 1.807) is 12.5 Å². The molecule has 7 heteroatoms. The first-order valence-corrected chi connectivity index (χ1v) is 11.2. The van der Waals surface area contributed by atoms with Crippen molar-refractivity contribution in [3.63, 3.8) is 0 Å². The summed E-state index contributed by atoms with van der Waals surface area (Å²) < 4.78 is 2.01. The summed E-state index contributed by atoms with van der Waals surface area (Å²) in [5.74, 6) is 0.807. The Balaban J connectivity index is 1.30. The monoisotopic (exact) mass is 419 g/mol. The van der Waals surface area contributed by atoms with Crippen molar-refractivity contribution in [2.45, 2.75) is 31.8 Å². The van der Waals surface area contributed by atoms with E-state index in [1.165, 1.54) is 18.4 Å². The molecular weight excluding hydrogens is 390 g/mol. The van der Waals surface area contributed by atoms with Gasteiger partial charge in [-0.3, -0.25) is 9.69 Å². The van der Waals surface area contributed by atoms with Gasteiger partial charge in [-0.25, -0.2) is 9.97 Å². The number of hydrogen-bond donors (Lipinski definition) is 1. The van der Waals surface area contributed by atoms with Crippen LogP contribution in [-0.2, 0) is 6.54 Å². The van der Waals surface area contributed by atoms with Gasteiger partial charge in [-0.2, -0.15) is 0 Å². The number of pyridine rings is 1. The van der Waals surface area contributed by atoms with Gasteiger partial charge in [0.2, 0.25) is 0 Å². The van der Waals surface area contributed by atoms with E-state index >= 15 is 0 Å². The number of benzene rings is 1. The summed E-state index contributed by atoms with van der Waals surface area (Å²) in [4.78, 5) is 26.6. The van der Waals surface area contributed by atoms with Crippen LogP contribution in [0.15, 0.2) is 48.9 Å². The van der Waals surface area contributed by atoms with Gasteiger partial charge in [-0.1, -0.05) is 30.3 Å². The summed E-state index contributed by atoms with van der Waals surface area (Å²) in [5, 5.41) is 9.50. The minimum absolute atomic E-state index is 0.000945. The number of aromatic nitrogens is 3. The predicted molar refractivity (Wildman–Crippen MR) is 119 cm³/mol. The first-order chi connectivity index (χ1) is 15.2. The van der Waals surface area contributed by atoms with Gasteiger partial charge in [0, 0.05) is 45.0 Å². The lowest BCUT2D eigenvalue weighted by Gasteiger charge is -2.41. The summed E-state index contributed by atoms with van der Waals surface area (Å²) in [5.41, 5.74) is 3.28. The molecule has 1 unspecified atom stereocenters. The predicted octanol–water partition coefficient (Wildman–Crippen LogP) is 2.40. The number of imidazole rings is 1. The van der Waals surface area contributed by atoms with Crippen LogP contribution >= 0.6 is 0 Å². The van der Waals surface area contributed by atoms with Crippen LogP contribution in [0, 0.1) is 5.92 Å². The fourth-order valence-electron chi connectivity index (χ4n) is 4.52. The molecule has 2 fully saturated rings. The third kappa shape index (κ3) is 4.48. The fraction of sp³-hybridized carbons (Fsp3) is 0.458. The first kappa shape index (κ1) is 20.2.